The minimum atomic E-state index is -0.918. The Morgan fingerprint density at radius 1 is 1.14 bits per heavy atom. The topological polar surface area (TPSA) is 101 Å². The molecular formula is C26H25ClFN5O3. The Labute approximate surface area is 212 Å². The van der Waals surface area contributed by atoms with Crippen LogP contribution in [0.5, 0.6) is 5.75 Å². The third-order valence-corrected chi connectivity index (χ3v) is 6.65. The summed E-state index contributed by atoms with van der Waals surface area (Å²) in [7, 11) is 0. The summed E-state index contributed by atoms with van der Waals surface area (Å²) in [5, 5.41) is 20.1. The highest BCUT2D eigenvalue weighted by molar-refractivity contribution is 6.31. The summed E-state index contributed by atoms with van der Waals surface area (Å²) in [4.78, 5) is 15.4. The van der Waals surface area contributed by atoms with E-state index in [1.54, 1.807) is 22.7 Å². The van der Waals surface area contributed by atoms with Crippen molar-refractivity contribution in [3.05, 3.63) is 83.0 Å². The Balaban J connectivity index is 1.19. The van der Waals surface area contributed by atoms with Crippen LogP contribution in [-0.2, 0) is 6.54 Å². The van der Waals surface area contributed by atoms with Gasteiger partial charge in [-0.05, 0) is 61.6 Å². The van der Waals surface area contributed by atoms with E-state index in [1.165, 1.54) is 18.5 Å². The van der Waals surface area contributed by atoms with E-state index in [0.29, 0.717) is 40.9 Å². The fourth-order valence-electron chi connectivity index (χ4n) is 4.42. The number of carboxylic acids is 1. The average molecular weight is 510 g/mol. The van der Waals surface area contributed by atoms with Gasteiger partial charge in [0.2, 0.25) is 0 Å². The molecule has 1 fully saturated rings. The number of carbonyl (C=O) groups is 1. The number of nitrogens with zero attached hydrogens (tertiary/aromatic N) is 3. The quantitative estimate of drug-likeness (QED) is 0.290. The lowest BCUT2D eigenvalue weighted by atomic mass is 9.92. The lowest BCUT2D eigenvalue weighted by Crippen LogP contribution is -2.35. The Morgan fingerprint density at radius 2 is 1.92 bits per heavy atom. The first-order valence-electron chi connectivity index (χ1n) is 11.7. The van der Waals surface area contributed by atoms with E-state index in [-0.39, 0.29) is 11.1 Å². The molecule has 2 heterocycles. The Kier molecular flexibility index (Phi) is 7.02. The van der Waals surface area contributed by atoms with E-state index in [1.807, 2.05) is 24.4 Å². The molecule has 36 heavy (non-hydrogen) atoms. The molecule has 3 N–H and O–H groups in total. The second-order valence-electron chi connectivity index (χ2n) is 8.81. The van der Waals surface area contributed by atoms with E-state index in [9.17, 15) is 9.18 Å². The number of benzene rings is 2. The van der Waals surface area contributed by atoms with E-state index in [4.69, 9.17) is 21.4 Å². The summed E-state index contributed by atoms with van der Waals surface area (Å²) in [6, 6.07) is 13.6. The Hall–Kier alpha value is -3.69. The normalized spacial score (nSPS) is 17.7. The van der Waals surface area contributed by atoms with Gasteiger partial charge in [-0.25, -0.2) is 18.7 Å². The zero-order valence-electron chi connectivity index (χ0n) is 19.3. The maximum Gasteiger partial charge on any atom is 0.335 e. The molecule has 0 spiro atoms. The maximum absolute atomic E-state index is 13.5. The van der Waals surface area contributed by atoms with Gasteiger partial charge in [0.25, 0.3) is 0 Å². The number of fused-ring (bicyclic) bond motifs is 1. The highest BCUT2D eigenvalue weighted by atomic mass is 35.5. The van der Waals surface area contributed by atoms with Crippen molar-refractivity contribution in [3.63, 3.8) is 0 Å². The predicted octanol–water partition coefficient (Wildman–Crippen LogP) is 5.44. The number of aromatic carboxylic acids is 1. The largest absolute Gasteiger partial charge is 0.488 e. The zero-order valence-corrected chi connectivity index (χ0v) is 20.1. The molecule has 1 aliphatic carbocycles. The molecule has 2 aromatic carbocycles. The first kappa shape index (κ1) is 24.0. The van der Waals surface area contributed by atoms with Gasteiger partial charge in [0, 0.05) is 30.5 Å². The number of aromatic nitrogens is 3. The standard InChI is InChI=1S/C26H25ClFN5O3/c27-21-13-19(7-10-22(21)28)32-25-24-23(11-12-33(24)31-15-30-25)36-20-8-5-18(6-9-20)29-14-16-1-3-17(4-2-16)26(34)35/h1-4,7,10-13,15,18,20,29H,5-6,8-9,14H2,(H,34,35)(H,30,31,32). The summed E-state index contributed by atoms with van der Waals surface area (Å²) in [5.74, 6) is -0.181. The van der Waals surface area contributed by atoms with Crippen LogP contribution in [0.15, 0.2) is 61.1 Å². The maximum atomic E-state index is 13.5. The molecule has 0 saturated heterocycles. The molecule has 0 aliphatic heterocycles. The van der Waals surface area contributed by atoms with Crippen molar-refractivity contribution in [3.8, 4) is 5.75 Å². The van der Waals surface area contributed by atoms with Gasteiger partial charge in [-0.1, -0.05) is 23.7 Å². The van der Waals surface area contributed by atoms with Crippen molar-refractivity contribution in [1.29, 1.82) is 0 Å². The number of halogens is 2. The van der Waals surface area contributed by atoms with Crippen LogP contribution in [0.1, 0.15) is 41.6 Å². The molecule has 1 aliphatic rings. The van der Waals surface area contributed by atoms with Crippen molar-refractivity contribution < 1.29 is 19.0 Å². The summed E-state index contributed by atoms with van der Waals surface area (Å²) >= 11 is 5.92. The van der Waals surface area contributed by atoms with Crippen molar-refractivity contribution in [2.24, 2.45) is 0 Å². The third-order valence-electron chi connectivity index (χ3n) is 6.36. The smallest absolute Gasteiger partial charge is 0.335 e. The number of nitrogens with one attached hydrogen (secondary N) is 2. The van der Waals surface area contributed by atoms with Gasteiger partial charge in [-0.15, -0.1) is 0 Å². The van der Waals surface area contributed by atoms with Crippen LogP contribution in [0.4, 0.5) is 15.9 Å². The SMILES string of the molecule is O=C(O)c1ccc(CNC2CCC(Oc3ccn4ncnc(Nc5ccc(F)c(Cl)c5)c34)CC2)cc1. The second-order valence-corrected chi connectivity index (χ2v) is 9.22. The zero-order chi connectivity index (χ0) is 25.1. The number of rotatable bonds is 8. The van der Waals surface area contributed by atoms with E-state index < -0.39 is 11.8 Å². The summed E-state index contributed by atoms with van der Waals surface area (Å²) in [6.45, 7) is 0.694. The fraction of sp³-hybridized carbons (Fsp3) is 0.269. The molecule has 1 saturated carbocycles. The van der Waals surface area contributed by atoms with Gasteiger partial charge in [0.1, 0.15) is 17.7 Å². The fourth-order valence-corrected chi connectivity index (χ4v) is 4.60. The van der Waals surface area contributed by atoms with Crippen molar-refractivity contribution in [2.45, 2.75) is 44.4 Å². The first-order chi connectivity index (χ1) is 17.5. The van der Waals surface area contributed by atoms with Gasteiger partial charge in [0.15, 0.2) is 11.6 Å². The van der Waals surface area contributed by atoms with Crippen LogP contribution in [-0.4, -0.2) is 37.8 Å². The van der Waals surface area contributed by atoms with E-state index in [0.717, 1.165) is 31.2 Å². The molecule has 5 rings (SSSR count). The minimum absolute atomic E-state index is 0.0274. The van der Waals surface area contributed by atoms with Gasteiger partial charge in [0.05, 0.1) is 16.7 Å². The Morgan fingerprint density at radius 3 is 2.64 bits per heavy atom. The van der Waals surface area contributed by atoms with E-state index >= 15 is 0 Å². The lowest BCUT2D eigenvalue weighted by Gasteiger charge is -2.29. The van der Waals surface area contributed by atoms with Gasteiger partial charge >= 0.3 is 5.97 Å². The molecule has 8 nitrogen and oxygen atoms in total. The van der Waals surface area contributed by atoms with Crippen LogP contribution in [0, 0.1) is 5.82 Å². The van der Waals surface area contributed by atoms with Gasteiger partial charge in [-0.2, -0.15) is 5.10 Å². The van der Waals surface area contributed by atoms with Crippen LogP contribution in [0.25, 0.3) is 5.52 Å². The number of hydrogen-bond acceptors (Lipinski definition) is 6. The summed E-state index contributed by atoms with van der Waals surface area (Å²) < 4.78 is 21.6. The monoisotopic (exact) mass is 509 g/mol. The van der Waals surface area contributed by atoms with Crippen molar-refractivity contribution in [1.82, 2.24) is 19.9 Å². The molecule has 0 bridgehead atoms. The third kappa shape index (κ3) is 5.42. The molecule has 0 radical (unpaired) electrons. The van der Waals surface area contributed by atoms with E-state index in [2.05, 4.69) is 20.7 Å². The first-order valence-corrected chi connectivity index (χ1v) is 12.1. The molecule has 0 unspecified atom stereocenters. The average Bonchev–Trinajstić information content (AvgIpc) is 3.30. The number of carboxylic acid groups (broad SMARTS) is 1. The van der Waals surface area contributed by atoms with Crippen LogP contribution in [0.3, 0.4) is 0 Å². The highest BCUT2D eigenvalue weighted by Crippen LogP contribution is 2.32. The van der Waals surface area contributed by atoms with Crippen LogP contribution in [0.2, 0.25) is 5.02 Å². The second kappa shape index (κ2) is 10.5. The molecule has 2 aromatic heterocycles. The van der Waals surface area contributed by atoms with Crippen molar-refractivity contribution >= 4 is 34.6 Å². The lowest BCUT2D eigenvalue weighted by molar-refractivity contribution is 0.0697. The molecule has 0 atom stereocenters. The summed E-state index contributed by atoms with van der Waals surface area (Å²) in [6.07, 6.45) is 7.07. The molecular weight excluding hydrogens is 485 g/mol. The van der Waals surface area contributed by atoms with Gasteiger partial charge < -0.3 is 20.5 Å². The van der Waals surface area contributed by atoms with Crippen LogP contribution < -0.4 is 15.4 Å². The summed E-state index contributed by atoms with van der Waals surface area (Å²) in [5.41, 5.74) is 2.65. The van der Waals surface area contributed by atoms with Crippen LogP contribution >= 0.6 is 11.6 Å². The molecule has 186 valence electrons. The number of ether oxygens (including phenoxy) is 1. The number of anilines is 2. The van der Waals surface area contributed by atoms with Gasteiger partial charge in [-0.3, -0.25) is 0 Å². The molecule has 4 aromatic rings. The minimum Gasteiger partial charge on any atom is -0.488 e. The van der Waals surface area contributed by atoms with Crippen molar-refractivity contribution in [2.75, 3.05) is 5.32 Å². The molecule has 0 amide bonds. The predicted molar refractivity (Wildman–Crippen MR) is 135 cm³/mol. The molecule has 10 heteroatoms. The Bertz CT molecular complexity index is 1370. The highest BCUT2D eigenvalue weighted by Gasteiger charge is 2.24. The number of hydrogen-bond donors (Lipinski definition) is 3.